The van der Waals surface area contributed by atoms with E-state index in [0.29, 0.717) is 17.3 Å². The predicted octanol–water partition coefficient (Wildman–Crippen LogP) is 3.81. The molecule has 2 aromatic carbocycles. The quantitative estimate of drug-likeness (QED) is 0.540. The van der Waals surface area contributed by atoms with Gasteiger partial charge in [0.2, 0.25) is 5.91 Å². The van der Waals surface area contributed by atoms with Crippen molar-refractivity contribution in [3.8, 4) is 5.75 Å². The van der Waals surface area contributed by atoms with Crippen LogP contribution in [0.3, 0.4) is 0 Å². The van der Waals surface area contributed by atoms with Gasteiger partial charge in [0, 0.05) is 17.3 Å². The van der Waals surface area contributed by atoms with E-state index in [1.165, 1.54) is 12.1 Å². The van der Waals surface area contributed by atoms with Crippen molar-refractivity contribution in [2.75, 3.05) is 7.11 Å². The van der Waals surface area contributed by atoms with Gasteiger partial charge in [-0.2, -0.15) is 5.10 Å². The van der Waals surface area contributed by atoms with Gasteiger partial charge in [0.25, 0.3) is 5.91 Å². The molecule has 142 valence electrons. The predicted molar refractivity (Wildman–Crippen MR) is 106 cm³/mol. The number of benzene rings is 2. The number of methoxy groups -OCH3 is 1. The highest BCUT2D eigenvalue weighted by molar-refractivity contribution is 6.36. The molecular weight excluding hydrogens is 389 g/mol. The highest BCUT2D eigenvalue weighted by atomic mass is 35.5. The van der Waals surface area contributed by atoms with Gasteiger partial charge in [0.1, 0.15) is 5.75 Å². The average molecular weight is 408 g/mol. The zero-order valence-electron chi connectivity index (χ0n) is 14.9. The Morgan fingerprint density at radius 2 is 1.81 bits per heavy atom. The first kappa shape index (κ1) is 20.7. The van der Waals surface area contributed by atoms with Crippen molar-refractivity contribution in [2.45, 2.75) is 19.9 Å². The fourth-order valence-electron chi connectivity index (χ4n) is 2.16. The van der Waals surface area contributed by atoms with Crippen LogP contribution in [0.25, 0.3) is 0 Å². The van der Waals surface area contributed by atoms with Crippen molar-refractivity contribution in [1.29, 1.82) is 0 Å². The largest absolute Gasteiger partial charge is 0.497 e. The number of halogens is 2. The number of rotatable bonds is 7. The second kappa shape index (κ2) is 9.94. The minimum Gasteiger partial charge on any atom is -0.497 e. The van der Waals surface area contributed by atoms with Gasteiger partial charge in [0.15, 0.2) is 0 Å². The number of hydrogen-bond acceptors (Lipinski definition) is 4. The maximum absolute atomic E-state index is 12.1. The van der Waals surface area contributed by atoms with Gasteiger partial charge in [-0.3, -0.25) is 9.59 Å². The summed E-state index contributed by atoms with van der Waals surface area (Å²) in [4.78, 5) is 24.1. The summed E-state index contributed by atoms with van der Waals surface area (Å²) >= 11 is 11.8. The summed E-state index contributed by atoms with van der Waals surface area (Å²) in [5, 5.41) is 7.38. The van der Waals surface area contributed by atoms with E-state index in [-0.39, 0.29) is 22.9 Å². The Labute approximate surface area is 167 Å². The third-order valence-corrected chi connectivity index (χ3v) is 4.14. The number of ether oxygens (including phenoxy) is 1. The van der Waals surface area contributed by atoms with Crippen molar-refractivity contribution in [2.24, 2.45) is 5.10 Å². The Morgan fingerprint density at radius 3 is 2.44 bits per heavy atom. The molecule has 0 unspecified atom stereocenters. The third-order valence-electron chi connectivity index (χ3n) is 3.59. The van der Waals surface area contributed by atoms with E-state index in [1.54, 1.807) is 20.1 Å². The maximum Gasteiger partial charge on any atom is 0.272 e. The molecule has 0 aliphatic carbocycles. The van der Waals surface area contributed by atoms with Crippen LogP contribution in [-0.2, 0) is 11.3 Å². The van der Waals surface area contributed by atoms with Gasteiger partial charge in [-0.05, 0) is 42.8 Å². The zero-order chi connectivity index (χ0) is 19.8. The molecule has 0 saturated heterocycles. The Bertz CT molecular complexity index is 852. The number of carbonyl (C=O) groups is 2. The van der Waals surface area contributed by atoms with Crippen LogP contribution >= 0.6 is 23.2 Å². The van der Waals surface area contributed by atoms with Crippen LogP contribution in [0.4, 0.5) is 0 Å². The molecule has 0 fully saturated rings. The van der Waals surface area contributed by atoms with Crippen LogP contribution in [-0.4, -0.2) is 24.6 Å². The van der Waals surface area contributed by atoms with E-state index in [9.17, 15) is 9.59 Å². The lowest BCUT2D eigenvalue weighted by Crippen LogP contribution is -2.26. The minimum atomic E-state index is -0.477. The summed E-state index contributed by atoms with van der Waals surface area (Å²) in [6.07, 6.45) is 0.0603. The molecule has 6 nitrogen and oxygen atoms in total. The summed E-state index contributed by atoms with van der Waals surface area (Å²) < 4.78 is 5.09. The molecule has 0 spiro atoms. The van der Waals surface area contributed by atoms with Crippen LogP contribution in [0.2, 0.25) is 10.0 Å². The lowest BCUT2D eigenvalue weighted by molar-refractivity contribution is -0.120. The smallest absolute Gasteiger partial charge is 0.272 e. The zero-order valence-corrected chi connectivity index (χ0v) is 16.4. The van der Waals surface area contributed by atoms with Crippen LogP contribution in [0.5, 0.6) is 5.75 Å². The summed E-state index contributed by atoms with van der Waals surface area (Å²) in [6, 6.07) is 11.9. The van der Waals surface area contributed by atoms with Crippen molar-refractivity contribution >= 4 is 40.7 Å². The normalized spacial score (nSPS) is 11.0. The molecule has 0 aliphatic heterocycles. The molecule has 2 N–H and O–H groups in total. The summed E-state index contributed by atoms with van der Waals surface area (Å²) in [5.74, 6) is 0.0742. The summed E-state index contributed by atoms with van der Waals surface area (Å²) in [6.45, 7) is 2.04. The SMILES string of the molecule is COc1ccc(CNC(=O)CC(C)=NNC(=O)c2ccc(Cl)cc2Cl)cc1. The Morgan fingerprint density at radius 1 is 1.11 bits per heavy atom. The topological polar surface area (TPSA) is 79.8 Å². The lowest BCUT2D eigenvalue weighted by atomic mass is 10.2. The summed E-state index contributed by atoms with van der Waals surface area (Å²) in [7, 11) is 1.60. The first-order valence-electron chi connectivity index (χ1n) is 8.07. The third kappa shape index (κ3) is 6.58. The van der Waals surface area contributed by atoms with Gasteiger partial charge < -0.3 is 10.1 Å². The number of hydrazone groups is 1. The Hall–Kier alpha value is -2.57. The monoisotopic (exact) mass is 407 g/mol. The molecule has 0 saturated carbocycles. The molecule has 27 heavy (non-hydrogen) atoms. The van der Waals surface area contributed by atoms with Gasteiger partial charge in [0.05, 0.1) is 24.1 Å². The van der Waals surface area contributed by atoms with E-state index in [1.807, 2.05) is 24.3 Å². The van der Waals surface area contributed by atoms with Crippen LogP contribution in [0, 0.1) is 0 Å². The highest BCUT2D eigenvalue weighted by Gasteiger charge is 2.10. The fourth-order valence-corrected chi connectivity index (χ4v) is 2.65. The van der Waals surface area contributed by atoms with E-state index < -0.39 is 5.91 Å². The molecule has 0 atom stereocenters. The first-order chi connectivity index (χ1) is 12.9. The van der Waals surface area contributed by atoms with Crippen molar-refractivity contribution in [3.63, 3.8) is 0 Å². The molecule has 8 heteroatoms. The second-order valence-electron chi connectivity index (χ2n) is 5.71. The Kier molecular flexibility index (Phi) is 7.64. The van der Waals surface area contributed by atoms with Crippen molar-refractivity contribution < 1.29 is 14.3 Å². The van der Waals surface area contributed by atoms with Gasteiger partial charge in [-0.1, -0.05) is 35.3 Å². The van der Waals surface area contributed by atoms with E-state index in [2.05, 4.69) is 15.8 Å². The van der Waals surface area contributed by atoms with Crippen LogP contribution < -0.4 is 15.5 Å². The molecule has 0 aliphatic rings. The molecule has 2 rings (SSSR count). The van der Waals surface area contributed by atoms with Crippen molar-refractivity contribution in [3.05, 3.63) is 63.6 Å². The number of hydrogen-bond donors (Lipinski definition) is 2. The van der Waals surface area contributed by atoms with Gasteiger partial charge >= 0.3 is 0 Å². The number of nitrogens with one attached hydrogen (secondary N) is 2. The van der Waals surface area contributed by atoms with Gasteiger partial charge in [-0.15, -0.1) is 0 Å². The highest BCUT2D eigenvalue weighted by Crippen LogP contribution is 2.20. The van der Waals surface area contributed by atoms with E-state index in [0.717, 1.165) is 11.3 Å². The molecule has 2 amide bonds. The molecule has 0 radical (unpaired) electrons. The van der Waals surface area contributed by atoms with E-state index in [4.69, 9.17) is 27.9 Å². The average Bonchev–Trinajstić information content (AvgIpc) is 2.65. The fraction of sp³-hybridized carbons (Fsp3) is 0.211. The lowest BCUT2D eigenvalue weighted by Gasteiger charge is -2.07. The number of amides is 2. The van der Waals surface area contributed by atoms with Gasteiger partial charge in [-0.25, -0.2) is 5.43 Å². The number of carbonyl (C=O) groups excluding carboxylic acids is 2. The van der Waals surface area contributed by atoms with Crippen LogP contribution in [0.1, 0.15) is 29.3 Å². The van der Waals surface area contributed by atoms with E-state index >= 15 is 0 Å². The molecule has 0 bridgehead atoms. The molecule has 0 heterocycles. The minimum absolute atomic E-state index is 0.0603. The second-order valence-corrected chi connectivity index (χ2v) is 6.56. The molecule has 2 aromatic rings. The Balaban J connectivity index is 1.83. The standard InChI is InChI=1S/C19H19Cl2N3O3/c1-12(23-24-19(26)16-8-5-14(20)10-17(16)21)9-18(25)22-11-13-3-6-15(27-2)7-4-13/h3-8,10H,9,11H2,1-2H3,(H,22,25)(H,24,26). The molecule has 0 aromatic heterocycles. The van der Waals surface area contributed by atoms with Crippen LogP contribution in [0.15, 0.2) is 47.6 Å². The summed E-state index contributed by atoms with van der Waals surface area (Å²) in [5.41, 5.74) is 4.04. The number of nitrogens with zero attached hydrogens (tertiary/aromatic N) is 1. The first-order valence-corrected chi connectivity index (χ1v) is 8.83. The maximum atomic E-state index is 12.1. The van der Waals surface area contributed by atoms with Crippen molar-refractivity contribution in [1.82, 2.24) is 10.7 Å². The molecular formula is C19H19Cl2N3O3.